The van der Waals surface area contributed by atoms with E-state index in [1.807, 2.05) is 72.0 Å². The Balaban J connectivity index is 1.30. The molecule has 1 fully saturated rings. The van der Waals surface area contributed by atoms with E-state index < -0.39 is 23.6 Å². The van der Waals surface area contributed by atoms with Crippen LogP contribution in [0.15, 0.2) is 54.6 Å². The van der Waals surface area contributed by atoms with E-state index in [4.69, 9.17) is 30.5 Å². The third-order valence-corrected chi connectivity index (χ3v) is 10.9. The number of esters is 1. The average Bonchev–Trinajstić information content (AvgIpc) is 3.15. The quantitative estimate of drug-likeness (QED) is 0.149. The van der Waals surface area contributed by atoms with E-state index in [2.05, 4.69) is 9.80 Å². The Hall–Kier alpha value is -4.55. The fourth-order valence-corrected chi connectivity index (χ4v) is 7.88. The summed E-state index contributed by atoms with van der Waals surface area (Å²) < 4.78 is 38.6. The van der Waals surface area contributed by atoms with Gasteiger partial charge in [0.25, 0.3) is 0 Å². The summed E-state index contributed by atoms with van der Waals surface area (Å²) in [5.74, 6) is 0.381. The smallest absolute Gasteiger partial charge is 0.410 e. The molecule has 2 aliphatic rings. The van der Waals surface area contributed by atoms with E-state index in [9.17, 15) is 14.4 Å². The van der Waals surface area contributed by atoms with Crippen LogP contribution >= 0.6 is 11.6 Å². The van der Waals surface area contributed by atoms with Gasteiger partial charge in [0.15, 0.2) is 11.5 Å². The molecule has 0 radical (unpaired) electrons. The predicted molar refractivity (Wildman–Crippen MR) is 221 cm³/mol. The van der Waals surface area contributed by atoms with Gasteiger partial charge in [-0.25, -0.2) is 9.18 Å². The third-order valence-electron chi connectivity index (χ3n) is 10.6. The van der Waals surface area contributed by atoms with Gasteiger partial charge in [0.2, 0.25) is 5.91 Å². The second-order valence-electron chi connectivity index (χ2n) is 16.4. The molecule has 1 heterocycles. The highest BCUT2D eigenvalue weighted by Gasteiger charge is 2.38. The summed E-state index contributed by atoms with van der Waals surface area (Å²) in [4.78, 5) is 46.2. The maximum Gasteiger partial charge on any atom is 0.410 e. The number of hydrogen-bond donors (Lipinski definition) is 0. The molecule has 1 atom stereocenters. The van der Waals surface area contributed by atoms with Crippen molar-refractivity contribution in [1.29, 1.82) is 0 Å². The highest BCUT2D eigenvalue weighted by molar-refractivity contribution is 6.30. The summed E-state index contributed by atoms with van der Waals surface area (Å²) in [5, 5.41) is 0.555. The number of rotatable bonds is 14. The van der Waals surface area contributed by atoms with Crippen molar-refractivity contribution in [3.05, 3.63) is 82.1 Å². The van der Waals surface area contributed by atoms with Gasteiger partial charge in [0.1, 0.15) is 11.4 Å². The number of carbonyl (C=O) groups excluding carboxylic acids is 3. The second kappa shape index (κ2) is 18.8. The number of anilines is 2. The molecule has 2 amide bonds. The van der Waals surface area contributed by atoms with Gasteiger partial charge < -0.3 is 28.7 Å². The zero-order valence-corrected chi connectivity index (χ0v) is 35.5. The zero-order valence-electron chi connectivity index (χ0n) is 34.8. The summed E-state index contributed by atoms with van der Waals surface area (Å²) in [6, 6.07) is 15.6. The van der Waals surface area contributed by atoms with E-state index >= 15 is 4.39 Å². The molecular weight excluding hydrogens is 751 g/mol. The van der Waals surface area contributed by atoms with Gasteiger partial charge >= 0.3 is 12.1 Å². The molecule has 1 saturated carbocycles. The van der Waals surface area contributed by atoms with Crippen LogP contribution in [0.25, 0.3) is 0 Å². The van der Waals surface area contributed by atoms with E-state index in [0.29, 0.717) is 47.8 Å². The van der Waals surface area contributed by atoms with Crippen molar-refractivity contribution in [3.63, 3.8) is 0 Å². The summed E-state index contributed by atoms with van der Waals surface area (Å²) in [5.41, 5.74) is 2.70. The van der Waals surface area contributed by atoms with Gasteiger partial charge in [-0.15, -0.1) is 0 Å². The Labute approximate surface area is 341 Å². The molecule has 0 N–H and O–H groups in total. The number of methoxy groups -OCH3 is 2. The van der Waals surface area contributed by atoms with Crippen LogP contribution in [0.5, 0.6) is 11.5 Å². The largest absolute Gasteiger partial charge is 0.493 e. The molecular formula is C44H58ClFN4O7. The summed E-state index contributed by atoms with van der Waals surface area (Å²) in [6.07, 6.45) is 3.14. The van der Waals surface area contributed by atoms with Crippen LogP contribution in [0, 0.1) is 11.7 Å². The van der Waals surface area contributed by atoms with Crippen molar-refractivity contribution in [3.8, 4) is 11.5 Å². The minimum atomic E-state index is -0.636. The summed E-state index contributed by atoms with van der Waals surface area (Å²) in [7, 11) is 6.61. The van der Waals surface area contributed by atoms with Crippen LogP contribution in [-0.2, 0) is 25.5 Å². The minimum absolute atomic E-state index is 0.0685. The molecule has 13 heteroatoms. The van der Waals surface area contributed by atoms with E-state index in [1.165, 1.54) is 18.1 Å². The Kier molecular flexibility index (Phi) is 14.4. The molecule has 3 aromatic rings. The van der Waals surface area contributed by atoms with Crippen molar-refractivity contribution in [2.75, 3.05) is 64.3 Å². The minimum Gasteiger partial charge on any atom is -0.493 e. The average molecular weight is 809 g/mol. The molecule has 1 aliphatic carbocycles. The normalized spacial score (nSPS) is 18.3. The Bertz CT molecular complexity index is 1880. The molecule has 0 unspecified atom stereocenters. The number of hydrogen-bond acceptors (Lipinski definition) is 9. The number of fused-ring (bicyclic) bond motifs is 1. The number of carbonyl (C=O) groups is 3. The number of benzene rings is 3. The molecule has 310 valence electrons. The molecule has 0 saturated heterocycles. The number of amides is 2. The number of likely N-dealkylation sites (N-methyl/N-ethyl adjacent to an activating group) is 1. The maximum absolute atomic E-state index is 16.4. The van der Waals surface area contributed by atoms with Crippen LogP contribution in [-0.4, -0.2) is 100 Å². The molecule has 1 aliphatic heterocycles. The summed E-state index contributed by atoms with van der Waals surface area (Å²) >= 11 is 6.27. The summed E-state index contributed by atoms with van der Waals surface area (Å²) in [6.45, 7) is 11.1. The fraction of sp³-hybridized carbons (Fsp3) is 0.523. The second-order valence-corrected chi connectivity index (χ2v) is 16.8. The maximum atomic E-state index is 16.4. The lowest BCUT2D eigenvalue weighted by Crippen LogP contribution is -2.46. The Morgan fingerprint density at radius 3 is 2.23 bits per heavy atom. The van der Waals surface area contributed by atoms with Gasteiger partial charge in [-0.3, -0.25) is 19.4 Å². The van der Waals surface area contributed by atoms with E-state index in [0.717, 1.165) is 42.4 Å². The van der Waals surface area contributed by atoms with Crippen LogP contribution in [0.1, 0.15) is 83.0 Å². The molecule has 0 aromatic heterocycles. The molecule has 0 bridgehead atoms. The highest BCUT2D eigenvalue weighted by atomic mass is 35.5. The van der Waals surface area contributed by atoms with Crippen LogP contribution < -0.4 is 19.3 Å². The van der Waals surface area contributed by atoms with Crippen LogP contribution in [0.2, 0.25) is 5.02 Å². The fourth-order valence-electron chi connectivity index (χ4n) is 7.75. The lowest BCUT2D eigenvalue weighted by atomic mass is 9.85. The van der Waals surface area contributed by atoms with Gasteiger partial charge in [-0.1, -0.05) is 23.7 Å². The predicted octanol–water partition coefficient (Wildman–Crippen LogP) is 8.29. The first-order valence-corrected chi connectivity index (χ1v) is 20.1. The molecule has 57 heavy (non-hydrogen) atoms. The molecule has 3 aromatic carbocycles. The van der Waals surface area contributed by atoms with Crippen molar-refractivity contribution in [2.24, 2.45) is 5.92 Å². The topological polar surface area (TPSA) is 101 Å². The number of nitrogens with zero attached hydrogens (tertiary/aromatic N) is 4. The van der Waals surface area contributed by atoms with Crippen molar-refractivity contribution < 1.29 is 37.7 Å². The highest BCUT2D eigenvalue weighted by Crippen LogP contribution is 2.45. The first-order chi connectivity index (χ1) is 27.0. The Morgan fingerprint density at radius 1 is 0.947 bits per heavy atom. The zero-order chi connectivity index (χ0) is 41.6. The van der Waals surface area contributed by atoms with E-state index in [-0.39, 0.29) is 42.7 Å². The van der Waals surface area contributed by atoms with E-state index in [1.54, 1.807) is 37.3 Å². The van der Waals surface area contributed by atoms with Gasteiger partial charge in [-0.05, 0) is 125 Å². The monoisotopic (exact) mass is 808 g/mol. The number of ether oxygens (including phenoxy) is 4. The van der Waals surface area contributed by atoms with Crippen LogP contribution in [0.4, 0.5) is 20.6 Å². The standard InChI is InChI=1S/C44H58ClFN4O7/c1-28(2)56-39-25-35-31(22-38(39)54-8)23-40(51)50(42(35)30-12-14-32(45)15-13-30)37-19-18-34(24-36(37)46)48(7)26-29-10-16-33(17-11-29)49(27-41(52)55-9)21-20-47(6)43(53)57-44(3,4)5/h12-15,18-19,22,24-25,28-29,33,42H,10-11,16-17,20-21,23,26-27H2,1-9H3/t29?,33?,42-/m0/s1. The molecule has 0 spiro atoms. The first-order valence-electron chi connectivity index (χ1n) is 19.7. The first kappa shape index (κ1) is 43.6. The van der Waals surface area contributed by atoms with Crippen molar-refractivity contribution in [2.45, 2.75) is 90.5 Å². The Morgan fingerprint density at radius 2 is 1.63 bits per heavy atom. The number of halogens is 2. The van der Waals surface area contributed by atoms with Gasteiger partial charge in [-0.2, -0.15) is 0 Å². The lowest BCUT2D eigenvalue weighted by molar-refractivity contribution is -0.142. The van der Waals surface area contributed by atoms with Crippen LogP contribution in [0.3, 0.4) is 0 Å². The SMILES string of the molecule is COC(=O)CN(CCN(C)C(=O)OC(C)(C)C)C1CCC(CN(C)c2ccc(N3C(=O)Cc4cc(OC)c(OC(C)C)cc4[C@@H]3c3ccc(Cl)cc3)c(F)c2)CC1. The van der Waals surface area contributed by atoms with Gasteiger partial charge in [0.05, 0.1) is 45.0 Å². The third kappa shape index (κ3) is 11.1. The molecule has 11 nitrogen and oxygen atoms in total. The van der Waals surface area contributed by atoms with Gasteiger partial charge in [0, 0.05) is 50.5 Å². The van der Waals surface area contributed by atoms with Crippen molar-refractivity contribution >= 4 is 40.9 Å². The van der Waals surface area contributed by atoms with Crippen molar-refractivity contribution in [1.82, 2.24) is 9.80 Å². The molecule has 5 rings (SSSR count). The lowest BCUT2D eigenvalue weighted by Gasteiger charge is -2.39.